The van der Waals surface area contributed by atoms with Crippen molar-refractivity contribution in [2.75, 3.05) is 57.3 Å². The molecule has 0 aromatic heterocycles. The summed E-state index contributed by atoms with van der Waals surface area (Å²) in [7, 11) is 0. The predicted molar refractivity (Wildman–Crippen MR) is 138 cm³/mol. The van der Waals surface area contributed by atoms with Crippen LogP contribution in [0.2, 0.25) is 0 Å². The molecule has 0 spiro atoms. The minimum absolute atomic E-state index is 0.155. The Balaban J connectivity index is 1.08. The number of carbonyl (C=O) groups excluding carboxylic acids is 1. The van der Waals surface area contributed by atoms with Crippen molar-refractivity contribution in [1.82, 2.24) is 14.7 Å². The van der Waals surface area contributed by atoms with Crippen molar-refractivity contribution in [3.8, 4) is 0 Å². The normalized spacial score (nSPS) is 17.6. The number of hydrogen-bond donors (Lipinski definition) is 0. The monoisotopic (exact) mass is 454 g/mol. The summed E-state index contributed by atoms with van der Waals surface area (Å²) in [5.74, 6) is 0.155. The van der Waals surface area contributed by atoms with Gasteiger partial charge in [0.05, 0.1) is 0 Å². The Kier molecular flexibility index (Phi) is 7.22. The molecule has 0 N–H and O–H groups in total. The molecule has 0 bridgehead atoms. The molecule has 176 valence electrons. The number of rotatable bonds is 6. The van der Waals surface area contributed by atoms with Gasteiger partial charge in [0.1, 0.15) is 0 Å². The summed E-state index contributed by atoms with van der Waals surface area (Å²) < 4.78 is 0. The number of amides is 1. The molecule has 2 heterocycles. The molecule has 1 amide bonds. The molecule has 0 unspecified atom stereocenters. The van der Waals surface area contributed by atoms with Gasteiger partial charge in [-0.05, 0) is 35.4 Å². The SMILES string of the molecule is O=C(c1ccc(CN2CCN(c3ccccc3)CC2)cc1)N1CCN(Cc2ccccc2)CC1. The molecule has 2 aliphatic heterocycles. The lowest BCUT2D eigenvalue weighted by Gasteiger charge is -2.36. The van der Waals surface area contributed by atoms with Gasteiger partial charge in [0.25, 0.3) is 5.91 Å². The summed E-state index contributed by atoms with van der Waals surface area (Å²) in [5, 5.41) is 0. The molecule has 0 saturated carbocycles. The van der Waals surface area contributed by atoms with E-state index in [9.17, 15) is 4.79 Å². The lowest BCUT2D eigenvalue weighted by atomic mass is 10.1. The van der Waals surface area contributed by atoms with Gasteiger partial charge >= 0.3 is 0 Å². The van der Waals surface area contributed by atoms with Crippen LogP contribution in [-0.4, -0.2) is 73.0 Å². The van der Waals surface area contributed by atoms with Gasteiger partial charge in [-0.15, -0.1) is 0 Å². The van der Waals surface area contributed by atoms with E-state index in [1.807, 2.05) is 17.0 Å². The number of nitrogens with zero attached hydrogens (tertiary/aromatic N) is 4. The van der Waals surface area contributed by atoms with Crippen molar-refractivity contribution < 1.29 is 4.79 Å². The molecule has 3 aromatic rings. The van der Waals surface area contributed by atoms with Crippen molar-refractivity contribution in [3.63, 3.8) is 0 Å². The highest BCUT2D eigenvalue weighted by molar-refractivity contribution is 5.94. The molecule has 0 aliphatic carbocycles. The first-order valence-electron chi connectivity index (χ1n) is 12.4. The molecule has 2 fully saturated rings. The highest BCUT2D eigenvalue weighted by atomic mass is 16.2. The second-order valence-electron chi connectivity index (χ2n) is 9.35. The fourth-order valence-corrected chi connectivity index (χ4v) is 4.95. The van der Waals surface area contributed by atoms with Crippen molar-refractivity contribution in [2.45, 2.75) is 13.1 Å². The quantitative estimate of drug-likeness (QED) is 0.564. The first kappa shape index (κ1) is 22.6. The van der Waals surface area contributed by atoms with E-state index in [1.54, 1.807) is 0 Å². The van der Waals surface area contributed by atoms with Gasteiger partial charge < -0.3 is 9.80 Å². The molecule has 0 radical (unpaired) electrons. The van der Waals surface area contributed by atoms with Crippen molar-refractivity contribution in [1.29, 1.82) is 0 Å². The smallest absolute Gasteiger partial charge is 0.253 e. The van der Waals surface area contributed by atoms with Gasteiger partial charge in [-0.3, -0.25) is 14.6 Å². The lowest BCUT2D eigenvalue weighted by molar-refractivity contribution is 0.0628. The Morgan fingerprint density at radius 3 is 1.65 bits per heavy atom. The van der Waals surface area contributed by atoms with Crippen LogP contribution in [0.5, 0.6) is 0 Å². The minimum atomic E-state index is 0.155. The van der Waals surface area contributed by atoms with Gasteiger partial charge in [0.2, 0.25) is 0 Å². The Morgan fingerprint density at radius 2 is 1.06 bits per heavy atom. The van der Waals surface area contributed by atoms with E-state index < -0.39 is 0 Å². The molecular formula is C29H34N4O. The average molecular weight is 455 g/mol. The number of anilines is 1. The van der Waals surface area contributed by atoms with E-state index in [0.29, 0.717) is 0 Å². The maximum absolute atomic E-state index is 13.0. The Morgan fingerprint density at radius 1 is 0.559 bits per heavy atom. The summed E-state index contributed by atoms with van der Waals surface area (Å²) >= 11 is 0. The Bertz CT molecular complexity index is 1040. The maximum Gasteiger partial charge on any atom is 0.253 e. The van der Waals surface area contributed by atoms with Crippen LogP contribution >= 0.6 is 0 Å². The molecule has 34 heavy (non-hydrogen) atoms. The average Bonchev–Trinajstić information content (AvgIpc) is 2.91. The summed E-state index contributed by atoms with van der Waals surface area (Å²) in [6.07, 6.45) is 0. The molecule has 2 saturated heterocycles. The summed E-state index contributed by atoms with van der Waals surface area (Å²) in [6, 6.07) is 29.5. The maximum atomic E-state index is 13.0. The second kappa shape index (κ2) is 10.9. The summed E-state index contributed by atoms with van der Waals surface area (Å²) in [5.41, 5.74) is 4.72. The molecule has 2 aliphatic rings. The fraction of sp³-hybridized carbons (Fsp3) is 0.345. The third kappa shape index (κ3) is 5.66. The van der Waals surface area contributed by atoms with Crippen molar-refractivity contribution in [2.24, 2.45) is 0 Å². The molecule has 0 atom stereocenters. The first-order chi connectivity index (χ1) is 16.7. The van der Waals surface area contributed by atoms with Gasteiger partial charge in [-0.2, -0.15) is 0 Å². The fourth-order valence-electron chi connectivity index (χ4n) is 4.95. The number of para-hydroxylation sites is 1. The topological polar surface area (TPSA) is 30.0 Å². The van der Waals surface area contributed by atoms with Gasteiger partial charge in [0, 0.05) is 76.7 Å². The minimum Gasteiger partial charge on any atom is -0.369 e. The predicted octanol–water partition coefficient (Wildman–Crippen LogP) is 3.97. The van der Waals surface area contributed by atoms with Crippen LogP contribution in [-0.2, 0) is 13.1 Å². The number of piperazine rings is 2. The zero-order chi connectivity index (χ0) is 23.2. The highest BCUT2D eigenvalue weighted by Crippen LogP contribution is 2.18. The number of benzene rings is 3. The van der Waals surface area contributed by atoms with E-state index in [4.69, 9.17) is 0 Å². The van der Waals surface area contributed by atoms with Gasteiger partial charge in [0.15, 0.2) is 0 Å². The van der Waals surface area contributed by atoms with Crippen LogP contribution in [0.25, 0.3) is 0 Å². The lowest BCUT2D eigenvalue weighted by Crippen LogP contribution is -2.48. The largest absolute Gasteiger partial charge is 0.369 e. The summed E-state index contributed by atoms with van der Waals surface area (Å²) in [6.45, 7) is 9.55. The molecule has 5 nitrogen and oxygen atoms in total. The van der Waals surface area contributed by atoms with Crippen LogP contribution in [0.3, 0.4) is 0 Å². The van der Waals surface area contributed by atoms with Crippen LogP contribution in [0.1, 0.15) is 21.5 Å². The van der Waals surface area contributed by atoms with Crippen molar-refractivity contribution >= 4 is 11.6 Å². The molecule has 5 rings (SSSR count). The molecule has 5 heteroatoms. The van der Waals surface area contributed by atoms with E-state index in [2.05, 4.69) is 87.5 Å². The van der Waals surface area contributed by atoms with E-state index >= 15 is 0 Å². The molecule has 3 aromatic carbocycles. The van der Waals surface area contributed by atoms with Crippen LogP contribution < -0.4 is 4.90 Å². The number of carbonyl (C=O) groups is 1. The second-order valence-corrected chi connectivity index (χ2v) is 9.35. The zero-order valence-corrected chi connectivity index (χ0v) is 19.9. The van der Waals surface area contributed by atoms with Crippen molar-refractivity contribution in [3.05, 3.63) is 102 Å². The van der Waals surface area contributed by atoms with Crippen LogP contribution in [0, 0.1) is 0 Å². The third-order valence-corrected chi connectivity index (χ3v) is 7.01. The number of hydrogen-bond acceptors (Lipinski definition) is 4. The Labute approximate surface area is 203 Å². The molecular weight excluding hydrogens is 420 g/mol. The van der Waals surface area contributed by atoms with E-state index in [1.165, 1.54) is 16.8 Å². The van der Waals surface area contributed by atoms with Crippen LogP contribution in [0.15, 0.2) is 84.9 Å². The Hall–Kier alpha value is -3.15. The van der Waals surface area contributed by atoms with Gasteiger partial charge in [-0.25, -0.2) is 0 Å². The van der Waals surface area contributed by atoms with E-state index in [0.717, 1.165) is 71.0 Å². The zero-order valence-electron chi connectivity index (χ0n) is 19.9. The van der Waals surface area contributed by atoms with E-state index in [-0.39, 0.29) is 5.91 Å². The standard InChI is InChI=1S/C29H34N4O/c34-29(33-21-17-31(18-22-33)23-25-7-3-1-4-8-25)27-13-11-26(12-14-27)24-30-15-19-32(20-16-30)28-9-5-2-6-10-28/h1-14H,15-24H2. The third-order valence-electron chi connectivity index (χ3n) is 7.01. The van der Waals surface area contributed by atoms with Gasteiger partial charge in [-0.1, -0.05) is 60.7 Å². The summed E-state index contributed by atoms with van der Waals surface area (Å²) in [4.78, 5) is 22.4. The van der Waals surface area contributed by atoms with Crippen LogP contribution in [0.4, 0.5) is 5.69 Å². The first-order valence-corrected chi connectivity index (χ1v) is 12.4. The highest BCUT2D eigenvalue weighted by Gasteiger charge is 2.22.